The van der Waals surface area contributed by atoms with Crippen LogP contribution >= 0.6 is 0 Å². The standard InChI is InChI=1S/C19H25N3O3/c1-14-4-5-16(17(12-14)22-9-3-8-20-22)18(19(23)24)21(2)13-15-6-10-25-11-7-15/h3-5,8-9,12,15,18H,6-7,10-11,13H2,1-2H3,(H,23,24). The Bertz CT molecular complexity index is 709. The Labute approximate surface area is 148 Å². The largest absolute Gasteiger partial charge is 0.480 e. The number of carboxylic acid groups (broad SMARTS) is 1. The third-order valence-electron chi connectivity index (χ3n) is 4.79. The van der Waals surface area contributed by atoms with Crippen molar-refractivity contribution in [3.8, 4) is 5.69 Å². The first-order valence-corrected chi connectivity index (χ1v) is 8.67. The van der Waals surface area contributed by atoms with Gasteiger partial charge in [0.2, 0.25) is 0 Å². The summed E-state index contributed by atoms with van der Waals surface area (Å²) in [6, 6.07) is 6.99. The third kappa shape index (κ3) is 4.08. The van der Waals surface area contributed by atoms with E-state index in [1.165, 1.54) is 0 Å². The van der Waals surface area contributed by atoms with E-state index >= 15 is 0 Å². The maximum absolute atomic E-state index is 12.1. The molecule has 1 aromatic heterocycles. The first-order chi connectivity index (χ1) is 12.1. The molecule has 134 valence electrons. The summed E-state index contributed by atoms with van der Waals surface area (Å²) in [5, 5.41) is 14.2. The predicted molar refractivity (Wildman–Crippen MR) is 94.9 cm³/mol. The van der Waals surface area contributed by atoms with E-state index in [0.717, 1.165) is 49.4 Å². The highest BCUT2D eigenvalue weighted by atomic mass is 16.5. The first-order valence-electron chi connectivity index (χ1n) is 8.67. The van der Waals surface area contributed by atoms with Crippen LogP contribution < -0.4 is 0 Å². The van der Waals surface area contributed by atoms with Crippen molar-refractivity contribution < 1.29 is 14.6 Å². The normalized spacial score (nSPS) is 16.9. The molecule has 1 atom stereocenters. The molecule has 1 fully saturated rings. The zero-order valence-electron chi connectivity index (χ0n) is 14.8. The van der Waals surface area contributed by atoms with E-state index in [4.69, 9.17) is 4.74 Å². The van der Waals surface area contributed by atoms with Crippen molar-refractivity contribution in [2.75, 3.05) is 26.8 Å². The van der Waals surface area contributed by atoms with Gasteiger partial charge in [0.05, 0.1) is 5.69 Å². The topological polar surface area (TPSA) is 67.6 Å². The average molecular weight is 343 g/mol. The molecule has 1 aromatic carbocycles. The summed E-state index contributed by atoms with van der Waals surface area (Å²) in [4.78, 5) is 14.0. The van der Waals surface area contributed by atoms with Gasteiger partial charge in [-0.25, -0.2) is 4.68 Å². The van der Waals surface area contributed by atoms with Crippen LogP contribution in [0.3, 0.4) is 0 Å². The number of likely N-dealkylation sites (N-methyl/N-ethyl adjacent to an activating group) is 1. The van der Waals surface area contributed by atoms with E-state index < -0.39 is 12.0 Å². The molecule has 0 amide bonds. The summed E-state index contributed by atoms with van der Waals surface area (Å²) in [6.07, 6.45) is 5.51. The van der Waals surface area contributed by atoms with E-state index in [2.05, 4.69) is 5.10 Å². The van der Waals surface area contributed by atoms with Crippen LogP contribution in [0.1, 0.15) is 30.0 Å². The lowest BCUT2D eigenvalue weighted by Gasteiger charge is -2.31. The Balaban J connectivity index is 1.91. The highest BCUT2D eigenvalue weighted by Crippen LogP contribution is 2.29. The molecule has 1 unspecified atom stereocenters. The summed E-state index contributed by atoms with van der Waals surface area (Å²) in [5.74, 6) is -0.369. The average Bonchev–Trinajstić information content (AvgIpc) is 3.11. The number of aliphatic carboxylic acids is 1. The van der Waals surface area contributed by atoms with Gasteiger partial charge in [-0.3, -0.25) is 9.69 Å². The Morgan fingerprint density at radius 1 is 1.44 bits per heavy atom. The molecular weight excluding hydrogens is 318 g/mol. The van der Waals surface area contributed by atoms with E-state index in [1.807, 2.05) is 49.3 Å². The van der Waals surface area contributed by atoms with Gasteiger partial charge in [0.25, 0.3) is 0 Å². The molecule has 1 aliphatic rings. The van der Waals surface area contributed by atoms with Gasteiger partial charge in [-0.2, -0.15) is 5.10 Å². The molecule has 1 N–H and O–H groups in total. The zero-order chi connectivity index (χ0) is 17.8. The lowest BCUT2D eigenvalue weighted by Crippen LogP contribution is -2.36. The Morgan fingerprint density at radius 2 is 2.20 bits per heavy atom. The molecule has 0 bridgehead atoms. The monoisotopic (exact) mass is 343 g/mol. The molecule has 6 heteroatoms. The third-order valence-corrected chi connectivity index (χ3v) is 4.79. The maximum atomic E-state index is 12.1. The molecule has 3 rings (SSSR count). The fourth-order valence-corrected chi connectivity index (χ4v) is 3.50. The number of hydrogen-bond donors (Lipinski definition) is 1. The molecule has 2 aromatic rings. The summed E-state index contributed by atoms with van der Waals surface area (Å²) < 4.78 is 7.15. The number of ether oxygens (including phenoxy) is 1. The molecule has 2 heterocycles. The minimum Gasteiger partial charge on any atom is -0.480 e. The molecular formula is C19H25N3O3. The second kappa shape index (κ2) is 7.80. The van der Waals surface area contributed by atoms with Gasteiger partial charge in [-0.05, 0) is 50.4 Å². The number of hydrogen-bond acceptors (Lipinski definition) is 4. The summed E-state index contributed by atoms with van der Waals surface area (Å²) >= 11 is 0. The van der Waals surface area contributed by atoms with Gasteiger partial charge in [-0.1, -0.05) is 12.1 Å². The predicted octanol–water partition coefficient (Wildman–Crippen LogP) is 2.66. The fourth-order valence-electron chi connectivity index (χ4n) is 3.50. The molecule has 0 spiro atoms. The highest BCUT2D eigenvalue weighted by Gasteiger charge is 2.29. The number of benzene rings is 1. The Hall–Kier alpha value is -2.18. The van der Waals surface area contributed by atoms with E-state index in [0.29, 0.717) is 5.92 Å². The van der Waals surface area contributed by atoms with E-state index in [1.54, 1.807) is 10.9 Å². The fraction of sp³-hybridized carbons (Fsp3) is 0.474. The zero-order valence-corrected chi connectivity index (χ0v) is 14.8. The molecule has 0 saturated carbocycles. The van der Waals surface area contributed by atoms with Crippen LogP contribution in [0.4, 0.5) is 0 Å². The van der Waals surface area contributed by atoms with Gasteiger partial charge >= 0.3 is 5.97 Å². The molecule has 0 aliphatic carbocycles. The summed E-state index contributed by atoms with van der Waals surface area (Å²) in [7, 11) is 1.89. The number of carboxylic acids is 1. The second-order valence-corrected chi connectivity index (χ2v) is 6.75. The van der Waals surface area contributed by atoms with Gasteiger partial charge in [0.1, 0.15) is 6.04 Å². The van der Waals surface area contributed by atoms with Crippen LogP contribution in [-0.4, -0.2) is 52.6 Å². The van der Waals surface area contributed by atoms with Crippen molar-refractivity contribution in [2.24, 2.45) is 5.92 Å². The molecule has 0 radical (unpaired) electrons. The molecule has 6 nitrogen and oxygen atoms in total. The number of nitrogens with zero attached hydrogens (tertiary/aromatic N) is 3. The van der Waals surface area contributed by atoms with Crippen molar-refractivity contribution in [1.29, 1.82) is 0 Å². The first kappa shape index (κ1) is 17.6. The molecule has 1 saturated heterocycles. The number of aryl methyl sites for hydroxylation is 1. The van der Waals surface area contributed by atoms with Gasteiger partial charge in [0, 0.05) is 37.7 Å². The minimum absolute atomic E-state index is 0.471. The van der Waals surface area contributed by atoms with Crippen molar-refractivity contribution in [1.82, 2.24) is 14.7 Å². The Morgan fingerprint density at radius 3 is 2.84 bits per heavy atom. The van der Waals surface area contributed by atoms with Crippen molar-refractivity contribution >= 4 is 5.97 Å². The van der Waals surface area contributed by atoms with Gasteiger partial charge < -0.3 is 9.84 Å². The van der Waals surface area contributed by atoms with Crippen molar-refractivity contribution in [3.05, 3.63) is 47.8 Å². The second-order valence-electron chi connectivity index (χ2n) is 6.75. The number of aromatic nitrogens is 2. The highest BCUT2D eigenvalue weighted by molar-refractivity contribution is 5.77. The van der Waals surface area contributed by atoms with E-state index in [-0.39, 0.29) is 0 Å². The van der Waals surface area contributed by atoms with Crippen LogP contribution in [0.2, 0.25) is 0 Å². The summed E-state index contributed by atoms with van der Waals surface area (Å²) in [5.41, 5.74) is 2.65. The number of rotatable bonds is 6. The lowest BCUT2D eigenvalue weighted by atomic mass is 9.96. The smallest absolute Gasteiger partial charge is 0.325 e. The number of carbonyl (C=O) groups is 1. The van der Waals surface area contributed by atoms with E-state index in [9.17, 15) is 9.90 Å². The molecule has 1 aliphatic heterocycles. The van der Waals surface area contributed by atoms with Crippen molar-refractivity contribution in [3.63, 3.8) is 0 Å². The maximum Gasteiger partial charge on any atom is 0.325 e. The lowest BCUT2D eigenvalue weighted by molar-refractivity contribution is -0.143. The van der Waals surface area contributed by atoms with Crippen molar-refractivity contribution in [2.45, 2.75) is 25.8 Å². The summed E-state index contributed by atoms with van der Waals surface area (Å²) in [6.45, 7) is 4.27. The van der Waals surface area contributed by atoms with Gasteiger partial charge in [-0.15, -0.1) is 0 Å². The molecule has 25 heavy (non-hydrogen) atoms. The van der Waals surface area contributed by atoms with Gasteiger partial charge in [0.15, 0.2) is 0 Å². The van der Waals surface area contributed by atoms with Crippen LogP contribution in [0.25, 0.3) is 5.69 Å². The SMILES string of the molecule is Cc1ccc(C(C(=O)O)N(C)CC2CCOCC2)c(-n2cccn2)c1. The van der Waals surface area contributed by atoms with Crippen LogP contribution in [0.5, 0.6) is 0 Å². The Kier molecular flexibility index (Phi) is 5.50. The van der Waals surface area contributed by atoms with Crippen LogP contribution in [0.15, 0.2) is 36.7 Å². The minimum atomic E-state index is -0.841. The van der Waals surface area contributed by atoms with Crippen LogP contribution in [-0.2, 0) is 9.53 Å². The van der Waals surface area contributed by atoms with Crippen LogP contribution in [0, 0.1) is 12.8 Å². The quantitative estimate of drug-likeness (QED) is 0.873.